The molecule has 0 fully saturated rings. The summed E-state index contributed by atoms with van der Waals surface area (Å²) < 4.78 is 13.7. The summed E-state index contributed by atoms with van der Waals surface area (Å²) in [5, 5.41) is 4.13. The largest absolute Gasteiger partial charge is 0.385 e. The molecule has 0 unspecified atom stereocenters. The van der Waals surface area contributed by atoms with E-state index in [4.69, 9.17) is 0 Å². The summed E-state index contributed by atoms with van der Waals surface area (Å²) in [5.41, 5.74) is 3.28. The molecule has 0 atom stereocenters. The van der Waals surface area contributed by atoms with Crippen molar-refractivity contribution in [1.29, 1.82) is 0 Å². The van der Waals surface area contributed by atoms with Gasteiger partial charge in [0, 0.05) is 23.3 Å². The lowest BCUT2D eigenvalue weighted by atomic mass is 10.1. The van der Waals surface area contributed by atoms with Crippen molar-refractivity contribution in [3.63, 3.8) is 0 Å². The van der Waals surface area contributed by atoms with E-state index < -0.39 is 0 Å². The quantitative estimate of drug-likeness (QED) is 0.835. The molecule has 1 N–H and O–H groups in total. The topological polar surface area (TPSA) is 24.9 Å². The molecule has 2 nitrogen and oxygen atoms in total. The normalized spacial score (nSPS) is 10.8. The van der Waals surface area contributed by atoms with Gasteiger partial charge in [-0.3, -0.25) is 0 Å². The van der Waals surface area contributed by atoms with E-state index in [1.54, 1.807) is 6.07 Å². The molecule has 0 amide bonds. The van der Waals surface area contributed by atoms with Crippen LogP contribution in [0.2, 0.25) is 0 Å². The van der Waals surface area contributed by atoms with Crippen molar-refractivity contribution in [1.82, 2.24) is 4.98 Å². The van der Waals surface area contributed by atoms with Crippen LogP contribution in [-0.4, -0.2) is 11.5 Å². The molecule has 2 aromatic rings. The number of aryl methyl sites for hydroxylation is 2. The molecule has 0 saturated heterocycles. The lowest BCUT2D eigenvalue weighted by Gasteiger charge is -2.11. The molecule has 1 aromatic heterocycles. The molecule has 0 radical (unpaired) electrons. The maximum Gasteiger partial charge on any atom is 0.149 e. The van der Waals surface area contributed by atoms with Gasteiger partial charge in [0.05, 0.1) is 0 Å². The van der Waals surface area contributed by atoms with Crippen molar-refractivity contribution in [2.75, 3.05) is 11.9 Å². The van der Waals surface area contributed by atoms with Gasteiger partial charge in [0.2, 0.25) is 0 Å². The first-order valence-electron chi connectivity index (χ1n) is 5.43. The fourth-order valence-electron chi connectivity index (χ4n) is 1.94. The van der Waals surface area contributed by atoms with Crippen LogP contribution in [0, 0.1) is 19.7 Å². The highest BCUT2D eigenvalue weighted by Crippen LogP contribution is 2.28. The second kappa shape index (κ2) is 4.08. The zero-order valence-electron chi connectivity index (χ0n) is 9.76. The van der Waals surface area contributed by atoms with E-state index >= 15 is 0 Å². The van der Waals surface area contributed by atoms with Crippen LogP contribution >= 0.6 is 0 Å². The van der Waals surface area contributed by atoms with Crippen molar-refractivity contribution in [2.45, 2.75) is 20.8 Å². The first-order chi connectivity index (χ1) is 7.63. The number of anilines is 1. The van der Waals surface area contributed by atoms with Gasteiger partial charge >= 0.3 is 0 Å². The number of aromatic nitrogens is 1. The number of hydrogen-bond acceptors (Lipinski definition) is 2. The Hall–Kier alpha value is -1.64. The van der Waals surface area contributed by atoms with Gasteiger partial charge in [0.25, 0.3) is 0 Å². The maximum atomic E-state index is 13.7. The molecular weight excluding hydrogens is 203 g/mol. The van der Waals surface area contributed by atoms with E-state index in [0.717, 1.165) is 28.9 Å². The van der Waals surface area contributed by atoms with Crippen LogP contribution in [0.3, 0.4) is 0 Å². The lowest BCUT2D eigenvalue weighted by Crippen LogP contribution is -2.01. The Bertz CT molecular complexity index is 535. The SMILES string of the molecule is CCNc1cc(C)nc2c(F)ccc(C)c12. The molecule has 2 rings (SSSR count). The van der Waals surface area contributed by atoms with Crippen LogP contribution in [0.1, 0.15) is 18.2 Å². The number of halogens is 1. The highest BCUT2D eigenvalue weighted by Gasteiger charge is 2.09. The fraction of sp³-hybridized carbons (Fsp3) is 0.308. The Labute approximate surface area is 94.5 Å². The monoisotopic (exact) mass is 218 g/mol. The third-order valence-electron chi connectivity index (χ3n) is 2.61. The zero-order chi connectivity index (χ0) is 11.7. The number of fused-ring (bicyclic) bond motifs is 1. The predicted octanol–water partition coefficient (Wildman–Crippen LogP) is 3.42. The molecule has 84 valence electrons. The lowest BCUT2D eigenvalue weighted by molar-refractivity contribution is 0.636. The molecule has 0 aliphatic carbocycles. The number of nitrogens with one attached hydrogen (secondary N) is 1. The number of rotatable bonds is 2. The van der Waals surface area contributed by atoms with Crippen LogP contribution in [0.15, 0.2) is 18.2 Å². The Kier molecular flexibility index (Phi) is 2.77. The van der Waals surface area contributed by atoms with Gasteiger partial charge in [-0.2, -0.15) is 0 Å². The Morgan fingerprint density at radius 3 is 2.75 bits per heavy atom. The third-order valence-corrected chi connectivity index (χ3v) is 2.61. The summed E-state index contributed by atoms with van der Waals surface area (Å²) in [4.78, 5) is 4.26. The first-order valence-corrected chi connectivity index (χ1v) is 5.43. The summed E-state index contributed by atoms with van der Waals surface area (Å²) in [6.07, 6.45) is 0. The van der Waals surface area contributed by atoms with Crippen molar-refractivity contribution in [3.05, 3.63) is 35.3 Å². The van der Waals surface area contributed by atoms with Crippen molar-refractivity contribution in [3.8, 4) is 0 Å². The van der Waals surface area contributed by atoms with E-state index in [9.17, 15) is 4.39 Å². The molecule has 1 aromatic carbocycles. The maximum absolute atomic E-state index is 13.7. The first kappa shape index (κ1) is 10.9. The molecule has 16 heavy (non-hydrogen) atoms. The fourth-order valence-corrected chi connectivity index (χ4v) is 1.94. The average molecular weight is 218 g/mol. The van der Waals surface area contributed by atoms with Gasteiger partial charge in [0.15, 0.2) is 0 Å². The second-order valence-electron chi connectivity index (χ2n) is 3.93. The van der Waals surface area contributed by atoms with Gasteiger partial charge < -0.3 is 5.32 Å². The molecule has 0 saturated carbocycles. The highest BCUT2D eigenvalue weighted by atomic mass is 19.1. The van der Waals surface area contributed by atoms with E-state index in [0.29, 0.717) is 5.52 Å². The Balaban J connectivity index is 2.83. The van der Waals surface area contributed by atoms with Crippen LogP contribution in [-0.2, 0) is 0 Å². The van der Waals surface area contributed by atoms with Gasteiger partial charge in [0.1, 0.15) is 11.3 Å². The molecule has 0 spiro atoms. The van der Waals surface area contributed by atoms with Gasteiger partial charge in [-0.1, -0.05) is 6.07 Å². The summed E-state index contributed by atoms with van der Waals surface area (Å²) in [6, 6.07) is 5.22. The number of pyridine rings is 1. The van der Waals surface area contributed by atoms with E-state index in [1.165, 1.54) is 6.07 Å². The highest BCUT2D eigenvalue weighted by molar-refractivity contribution is 5.94. The smallest absolute Gasteiger partial charge is 0.149 e. The molecule has 3 heteroatoms. The number of hydrogen-bond donors (Lipinski definition) is 1. The van der Waals surface area contributed by atoms with Gasteiger partial charge in [-0.15, -0.1) is 0 Å². The van der Waals surface area contributed by atoms with E-state index in [1.807, 2.05) is 26.8 Å². The van der Waals surface area contributed by atoms with Crippen LogP contribution in [0.4, 0.5) is 10.1 Å². The van der Waals surface area contributed by atoms with Crippen LogP contribution in [0.25, 0.3) is 10.9 Å². The summed E-state index contributed by atoms with van der Waals surface area (Å²) in [6.45, 7) is 6.69. The number of nitrogens with zero attached hydrogens (tertiary/aromatic N) is 1. The molecule has 0 aliphatic heterocycles. The molecular formula is C13H15FN2. The summed E-state index contributed by atoms with van der Waals surface area (Å²) >= 11 is 0. The van der Waals surface area contributed by atoms with E-state index in [2.05, 4.69) is 10.3 Å². The average Bonchev–Trinajstić information content (AvgIpc) is 2.23. The Morgan fingerprint density at radius 2 is 2.06 bits per heavy atom. The third kappa shape index (κ3) is 1.73. The predicted molar refractivity (Wildman–Crippen MR) is 65.3 cm³/mol. The Morgan fingerprint density at radius 1 is 1.31 bits per heavy atom. The molecule has 0 aliphatic rings. The van der Waals surface area contributed by atoms with Crippen molar-refractivity contribution >= 4 is 16.6 Å². The minimum Gasteiger partial charge on any atom is -0.385 e. The van der Waals surface area contributed by atoms with Gasteiger partial charge in [-0.25, -0.2) is 9.37 Å². The van der Waals surface area contributed by atoms with Gasteiger partial charge in [-0.05, 0) is 38.5 Å². The molecule has 1 heterocycles. The summed E-state index contributed by atoms with van der Waals surface area (Å²) in [7, 11) is 0. The minimum absolute atomic E-state index is 0.261. The second-order valence-corrected chi connectivity index (χ2v) is 3.93. The van der Waals surface area contributed by atoms with Crippen LogP contribution in [0.5, 0.6) is 0 Å². The van der Waals surface area contributed by atoms with Crippen LogP contribution < -0.4 is 5.32 Å². The summed E-state index contributed by atoms with van der Waals surface area (Å²) in [5.74, 6) is -0.261. The number of benzene rings is 1. The standard InChI is InChI=1S/C13H15FN2/c1-4-15-11-7-9(3)16-13-10(14)6-5-8(2)12(11)13/h5-7H,4H2,1-3H3,(H,15,16). The van der Waals surface area contributed by atoms with Crippen molar-refractivity contribution in [2.24, 2.45) is 0 Å². The zero-order valence-corrected chi connectivity index (χ0v) is 9.76. The van der Waals surface area contributed by atoms with Crippen molar-refractivity contribution < 1.29 is 4.39 Å². The van der Waals surface area contributed by atoms with E-state index in [-0.39, 0.29) is 5.82 Å². The molecule has 0 bridgehead atoms. The minimum atomic E-state index is -0.261.